The van der Waals surface area contributed by atoms with Crippen molar-refractivity contribution in [2.75, 3.05) is 20.3 Å². The fourth-order valence-electron chi connectivity index (χ4n) is 2.47. The van der Waals surface area contributed by atoms with Gasteiger partial charge in [0.1, 0.15) is 42.1 Å². The molecule has 0 saturated carbocycles. The van der Waals surface area contributed by atoms with Gasteiger partial charge in [0.2, 0.25) is 0 Å². The predicted octanol–water partition coefficient (Wildman–Crippen LogP) is 4.18. The van der Waals surface area contributed by atoms with Gasteiger partial charge in [-0.15, -0.1) is 0 Å². The standard InChI is InChI=1S/C20H17NO3/c1-22-16-7-9-17(10-8-16)23-12-13-24-20-11-6-15-4-2-3-5-18(15)19(20)14-21/h2-11H,12-13H2,1H3. The Morgan fingerprint density at radius 2 is 1.54 bits per heavy atom. The molecular weight excluding hydrogens is 302 g/mol. The molecule has 3 rings (SSSR count). The minimum atomic E-state index is 0.360. The normalized spacial score (nSPS) is 10.2. The second-order valence-electron chi connectivity index (χ2n) is 5.14. The summed E-state index contributed by atoms with van der Waals surface area (Å²) in [7, 11) is 1.63. The summed E-state index contributed by atoms with van der Waals surface area (Å²) in [5.74, 6) is 2.11. The molecule has 0 aliphatic rings. The lowest BCUT2D eigenvalue weighted by Gasteiger charge is -2.11. The Labute approximate surface area is 140 Å². The molecule has 4 nitrogen and oxygen atoms in total. The maximum atomic E-state index is 9.43. The van der Waals surface area contributed by atoms with Gasteiger partial charge < -0.3 is 14.2 Å². The molecule has 3 aromatic carbocycles. The lowest BCUT2D eigenvalue weighted by Crippen LogP contribution is -2.09. The van der Waals surface area contributed by atoms with Crippen LogP contribution in [0.2, 0.25) is 0 Å². The van der Waals surface area contributed by atoms with Gasteiger partial charge in [0.05, 0.1) is 7.11 Å². The van der Waals surface area contributed by atoms with Gasteiger partial charge in [0, 0.05) is 5.39 Å². The van der Waals surface area contributed by atoms with Crippen molar-refractivity contribution in [3.8, 4) is 23.3 Å². The van der Waals surface area contributed by atoms with Crippen LogP contribution in [0.4, 0.5) is 0 Å². The summed E-state index contributed by atoms with van der Waals surface area (Å²) in [6.07, 6.45) is 0. The minimum Gasteiger partial charge on any atom is -0.497 e. The van der Waals surface area contributed by atoms with Crippen molar-refractivity contribution in [1.82, 2.24) is 0 Å². The Hall–Kier alpha value is -3.19. The van der Waals surface area contributed by atoms with Crippen LogP contribution in [-0.4, -0.2) is 20.3 Å². The largest absolute Gasteiger partial charge is 0.497 e. The Bertz CT molecular complexity index is 866. The molecule has 0 atom stereocenters. The monoisotopic (exact) mass is 319 g/mol. The van der Waals surface area contributed by atoms with E-state index < -0.39 is 0 Å². The topological polar surface area (TPSA) is 51.5 Å². The molecule has 0 radical (unpaired) electrons. The number of fused-ring (bicyclic) bond motifs is 1. The molecule has 0 aliphatic heterocycles. The van der Waals surface area contributed by atoms with Gasteiger partial charge in [-0.1, -0.05) is 30.3 Å². The van der Waals surface area contributed by atoms with Crippen molar-refractivity contribution >= 4 is 10.8 Å². The van der Waals surface area contributed by atoms with Crippen LogP contribution in [0.1, 0.15) is 5.56 Å². The molecule has 120 valence electrons. The van der Waals surface area contributed by atoms with Crippen LogP contribution < -0.4 is 14.2 Å². The van der Waals surface area contributed by atoms with Gasteiger partial charge in [-0.2, -0.15) is 5.26 Å². The van der Waals surface area contributed by atoms with Gasteiger partial charge in [-0.25, -0.2) is 0 Å². The molecule has 4 heteroatoms. The van der Waals surface area contributed by atoms with Crippen molar-refractivity contribution in [3.63, 3.8) is 0 Å². The third kappa shape index (κ3) is 3.41. The zero-order chi connectivity index (χ0) is 16.8. The molecule has 0 spiro atoms. The SMILES string of the molecule is COc1ccc(OCCOc2ccc3ccccc3c2C#N)cc1. The van der Waals surface area contributed by atoms with Crippen LogP contribution >= 0.6 is 0 Å². The van der Waals surface area contributed by atoms with Crippen molar-refractivity contribution in [1.29, 1.82) is 5.26 Å². The Morgan fingerprint density at radius 1 is 0.833 bits per heavy atom. The molecular formula is C20H17NO3. The van der Waals surface area contributed by atoms with E-state index in [9.17, 15) is 5.26 Å². The van der Waals surface area contributed by atoms with Crippen LogP contribution in [0.25, 0.3) is 10.8 Å². The maximum Gasteiger partial charge on any atom is 0.137 e. The molecule has 0 aliphatic carbocycles. The van der Waals surface area contributed by atoms with Crippen molar-refractivity contribution in [3.05, 3.63) is 66.2 Å². The molecule has 0 fully saturated rings. The first kappa shape index (κ1) is 15.7. The van der Waals surface area contributed by atoms with E-state index in [1.54, 1.807) is 7.11 Å². The summed E-state index contributed by atoms with van der Waals surface area (Å²) in [5.41, 5.74) is 0.553. The van der Waals surface area contributed by atoms with Crippen LogP contribution in [0, 0.1) is 11.3 Å². The minimum absolute atomic E-state index is 0.360. The van der Waals surface area contributed by atoms with E-state index in [1.807, 2.05) is 60.7 Å². The maximum absolute atomic E-state index is 9.43. The third-order valence-electron chi connectivity index (χ3n) is 3.67. The van der Waals surface area contributed by atoms with Crippen molar-refractivity contribution in [2.45, 2.75) is 0 Å². The number of hydrogen-bond acceptors (Lipinski definition) is 4. The van der Waals surface area contributed by atoms with Gasteiger partial charge in [0.15, 0.2) is 0 Å². The van der Waals surface area contributed by atoms with Crippen LogP contribution in [0.5, 0.6) is 17.2 Å². The van der Waals surface area contributed by atoms with Gasteiger partial charge in [-0.3, -0.25) is 0 Å². The number of hydrogen-bond donors (Lipinski definition) is 0. The zero-order valence-electron chi connectivity index (χ0n) is 13.4. The fraction of sp³-hybridized carbons (Fsp3) is 0.150. The summed E-state index contributed by atoms with van der Waals surface area (Å²) in [6, 6.07) is 21.2. The highest BCUT2D eigenvalue weighted by Crippen LogP contribution is 2.27. The summed E-state index contributed by atoms with van der Waals surface area (Å²) >= 11 is 0. The Kier molecular flexibility index (Phi) is 4.83. The first-order valence-electron chi connectivity index (χ1n) is 7.63. The Balaban J connectivity index is 1.62. The number of ether oxygens (including phenoxy) is 3. The first-order chi connectivity index (χ1) is 11.8. The quantitative estimate of drug-likeness (QED) is 0.640. The molecule has 0 bridgehead atoms. The number of nitrogens with zero attached hydrogens (tertiary/aromatic N) is 1. The second-order valence-corrected chi connectivity index (χ2v) is 5.14. The van der Waals surface area contributed by atoms with E-state index in [2.05, 4.69) is 6.07 Å². The average Bonchev–Trinajstić information content (AvgIpc) is 2.65. The molecule has 0 unspecified atom stereocenters. The van der Waals surface area contributed by atoms with E-state index >= 15 is 0 Å². The van der Waals surface area contributed by atoms with Crippen LogP contribution in [0.15, 0.2) is 60.7 Å². The molecule has 0 aromatic heterocycles. The first-order valence-corrected chi connectivity index (χ1v) is 7.63. The molecule has 24 heavy (non-hydrogen) atoms. The smallest absolute Gasteiger partial charge is 0.137 e. The molecule has 0 N–H and O–H groups in total. The van der Waals surface area contributed by atoms with Crippen molar-refractivity contribution in [2.24, 2.45) is 0 Å². The highest BCUT2D eigenvalue weighted by molar-refractivity contribution is 5.90. The molecule has 0 amide bonds. The Morgan fingerprint density at radius 3 is 2.29 bits per heavy atom. The second kappa shape index (κ2) is 7.38. The zero-order valence-corrected chi connectivity index (χ0v) is 13.4. The van der Waals surface area contributed by atoms with E-state index in [1.165, 1.54) is 0 Å². The van der Waals surface area contributed by atoms with Crippen molar-refractivity contribution < 1.29 is 14.2 Å². The van der Waals surface area contributed by atoms with E-state index in [0.29, 0.717) is 24.5 Å². The number of rotatable bonds is 6. The summed E-state index contributed by atoms with van der Waals surface area (Å²) in [5, 5.41) is 11.3. The van der Waals surface area contributed by atoms with E-state index in [0.717, 1.165) is 22.3 Å². The average molecular weight is 319 g/mol. The molecule has 0 saturated heterocycles. The number of nitriles is 1. The summed E-state index contributed by atoms with van der Waals surface area (Å²) in [4.78, 5) is 0. The number of benzene rings is 3. The molecule has 0 heterocycles. The fourth-order valence-corrected chi connectivity index (χ4v) is 2.47. The highest BCUT2D eigenvalue weighted by atomic mass is 16.5. The van der Waals surface area contributed by atoms with Gasteiger partial charge in [-0.05, 0) is 35.7 Å². The summed E-state index contributed by atoms with van der Waals surface area (Å²) in [6.45, 7) is 0.753. The lowest BCUT2D eigenvalue weighted by molar-refractivity contribution is 0.217. The van der Waals surface area contributed by atoms with E-state index in [4.69, 9.17) is 14.2 Å². The van der Waals surface area contributed by atoms with Gasteiger partial charge >= 0.3 is 0 Å². The lowest BCUT2D eigenvalue weighted by atomic mass is 10.0. The predicted molar refractivity (Wildman–Crippen MR) is 92.6 cm³/mol. The third-order valence-corrected chi connectivity index (χ3v) is 3.67. The number of methoxy groups -OCH3 is 1. The van der Waals surface area contributed by atoms with Gasteiger partial charge in [0.25, 0.3) is 0 Å². The highest BCUT2D eigenvalue weighted by Gasteiger charge is 2.08. The van der Waals surface area contributed by atoms with Crippen LogP contribution in [-0.2, 0) is 0 Å². The van der Waals surface area contributed by atoms with Crippen LogP contribution in [0.3, 0.4) is 0 Å². The molecule has 3 aromatic rings. The summed E-state index contributed by atoms with van der Waals surface area (Å²) < 4.78 is 16.5. The van der Waals surface area contributed by atoms with E-state index in [-0.39, 0.29) is 0 Å².